The molecule has 2 aromatic carbocycles. The Kier molecular flexibility index (Phi) is 5.73. The van der Waals surface area contributed by atoms with E-state index in [1.807, 2.05) is 25.1 Å². The molecule has 0 atom stereocenters. The van der Waals surface area contributed by atoms with Crippen LogP contribution in [0.3, 0.4) is 0 Å². The quantitative estimate of drug-likeness (QED) is 0.563. The van der Waals surface area contributed by atoms with Crippen LogP contribution in [0, 0.1) is 12.8 Å². The molecule has 1 fully saturated rings. The lowest BCUT2D eigenvalue weighted by Gasteiger charge is -2.12. The number of Topliss-reactive ketones (excluding diaryl/α,β-unsaturated/α-hetero) is 1. The van der Waals surface area contributed by atoms with Crippen LogP contribution in [0.4, 0.5) is 0 Å². The lowest BCUT2D eigenvalue weighted by Crippen LogP contribution is -2.18. The molecule has 30 heavy (non-hydrogen) atoms. The number of hydrogen-bond donors (Lipinski definition) is 1. The minimum atomic E-state index is -0.160. The highest BCUT2D eigenvalue weighted by Gasteiger charge is 2.24. The molecule has 1 N–H and O–H groups in total. The number of nitrogens with one attached hydrogen (secondary N) is 1. The van der Waals surface area contributed by atoms with Crippen molar-refractivity contribution in [1.29, 1.82) is 0 Å². The normalized spacial score (nSPS) is 13.3. The van der Waals surface area contributed by atoms with E-state index in [9.17, 15) is 9.59 Å². The number of aryl methyl sites for hydroxylation is 1. The van der Waals surface area contributed by atoms with Crippen molar-refractivity contribution in [3.8, 4) is 11.5 Å². The van der Waals surface area contributed by atoms with Crippen LogP contribution in [0.1, 0.15) is 40.7 Å². The molecule has 1 aliphatic carbocycles. The first-order valence-corrected chi connectivity index (χ1v) is 10.4. The Morgan fingerprint density at radius 3 is 2.70 bits per heavy atom. The third kappa shape index (κ3) is 4.46. The number of rotatable bonds is 7. The highest BCUT2D eigenvalue weighted by molar-refractivity contribution is 6.31. The number of aromatic nitrogens is 1. The lowest BCUT2D eigenvalue weighted by atomic mass is 10.0. The molecule has 0 spiro atoms. The lowest BCUT2D eigenvalue weighted by molar-refractivity contribution is -0.118. The maximum absolute atomic E-state index is 12.2. The van der Waals surface area contributed by atoms with Gasteiger partial charge in [0.15, 0.2) is 0 Å². The van der Waals surface area contributed by atoms with Crippen LogP contribution in [0.15, 0.2) is 42.6 Å². The predicted octanol–water partition coefficient (Wildman–Crippen LogP) is 5.26. The molecule has 5 nitrogen and oxygen atoms in total. The predicted molar refractivity (Wildman–Crippen MR) is 117 cm³/mol. The first kappa shape index (κ1) is 20.4. The molecule has 1 heterocycles. The maximum Gasteiger partial charge on any atom is 0.251 e. The first-order valence-electron chi connectivity index (χ1n) is 10.0. The summed E-state index contributed by atoms with van der Waals surface area (Å²) in [5.74, 6) is 1.78. The summed E-state index contributed by atoms with van der Waals surface area (Å²) in [4.78, 5) is 28.7. The topological polar surface area (TPSA) is 68.3 Å². The van der Waals surface area contributed by atoms with Gasteiger partial charge in [-0.25, -0.2) is 0 Å². The fourth-order valence-corrected chi connectivity index (χ4v) is 3.77. The number of ketones is 1. The molecule has 6 heteroatoms. The summed E-state index contributed by atoms with van der Waals surface area (Å²) in [7, 11) is 1.60. The number of carbonyl (C=O) groups excluding carboxylic acids is 2. The van der Waals surface area contributed by atoms with Crippen LogP contribution in [-0.2, 0) is 11.2 Å². The van der Waals surface area contributed by atoms with E-state index in [0.717, 1.165) is 34.9 Å². The monoisotopic (exact) mass is 422 g/mol. The van der Waals surface area contributed by atoms with Gasteiger partial charge < -0.3 is 10.1 Å². The zero-order valence-corrected chi connectivity index (χ0v) is 17.8. The number of fused-ring (bicyclic) bond motifs is 1. The van der Waals surface area contributed by atoms with Crippen molar-refractivity contribution >= 4 is 34.2 Å². The van der Waals surface area contributed by atoms with Gasteiger partial charge >= 0.3 is 0 Å². The number of halogens is 1. The molecule has 1 saturated carbocycles. The van der Waals surface area contributed by atoms with Crippen LogP contribution < -0.4 is 10.1 Å². The Bertz CT molecular complexity index is 1140. The third-order valence-corrected chi connectivity index (χ3v) is 5.72. The van der Waals surface area contributed by atoms with Gasteiger partial charge in [0.2, 0.25) is 0 Å². The Morgan fingerprint density at radius 1 is 1.20 bits per heavy atom. The van der Waals surface area contributed by atoms with E-state index in [1.54, 1.807) is 31.4 Å². The number of nitrogens with zero attached hydrogens (tertiary/aromatic N) is 1. The van der Waals surface area contributed by atoms with Crippen LogP contribution >= 0.6 is 11.6 Å². The number of amides is 1. The zero-order valence-electron chi connectivity index (χ0n) is 17.0. The van der Waals surface area contributed by atoms with Crippen LogP contribution in [-0.4, -0.2) is 23.7 Å². The van der Waals surface area contributed by atoms with Crippen LogP contribution in [0.2, 0.25) is 5.02 Å². The van der Waals surface area contributed by atoms with Gasteiger partial charge in [-0.2, -0.15) is 0 Å². The van der Waals surface area contributed by atoms with E-state index < -0.39 is 0 Å². The molecule has 154 valence electrons. The van der Waals surface area contributed by atoms with Crippen molar-refractivity contribution < 1.29 is 14.3 Å². The third-order valence-electron chi connectivity index (χ3n) is 5.37. The zero-order chi connectivity index (χ0) is 21.3. The Balaban J connectivity index is 1.59. The molecule has 3 aromatic rings. The number of carbonyl (C=O) groups is 2. The molecular weight excluding hydrogens is 400 g/mol. The second-order valence-electron chi connectivity index (χ2n) is 7.79. The summed E-state index contributed by atoms with van der Waals surface area (Å²) in [6.45, 7) is 1.88. The van der Waals surface area contributed by atoms with Crippen molar-refractivity contribution in [1.82, 2.24) is 10.3 Å². The van der Waals surface area contributed by atoms with E-state index >= 15 is 0 Å². The fourth-order valence-electron chi connectivity index (χ4n) is 3.53. The second-order valence-corrected chi connectivity index (χ2v) is 8.20. The molecule has 0 radical (unpaired) electrons. The van der Waals surface area contributed by atoms with Gasteiger partial charge in [-0.1, -0.05) is 17.7 Å². The van der Waals surface area contributed by atoms with Crippen molar-refractivity contribution in [3.05, 3.63) is 64.3 Å². The molecule has 1 aliphatic rings. The molecule has 0 bridgehead atoms. The molecule has 4 rings (SSSR count). The van der Waals surface area contributed by atoms with Crippen LogP contribution in [0.25, 0.3) is 10.9 Å². The highest BCUT2D eigenvalue weighted by atomic mass is 35.5. The minimum Gasteiger partial charge on any atom is -0.457 e. The van der Waals surface area contributed by atoms with Crippen molar-refractivity contribution in [3.63, 3.8) is 0 Å². The van der Waals surface area contributed by atoms with Gasteiger partial charge in [-0.3, -0.25) is 14.6 Å². The number of hydrogen-bond acceptors (Lipinski definition) is 4. The summed E-state index contributed by atoms with van der Waals surface area (Å²) >= 11 is 6.42. The van der Waals surface area contributed by atoms with E-state index in [4.69, 9.17) is 16.3 Å². The summed E-state index contributed by atoms with van der Waals surface area (Å²) in [6.07, 6.45) is 4.98. The van der Waals surface area contributed by atoms with E-state index in [2.05, 4.69) is 10.3 Å². The molecule has 1 amide bonds. The first-order chi connectivity index (χ1) is 14.4. The standard InChI is InChI=1S/C24H23ClN2O3/c1-14-9-22-20(13-19(14)24(29)26-2)23(7-8-27-22)30-18-6-5-16(21(25)12-18)11-17(28)10-15-3-4-15/h5-9,12-13,15H,3-4,10-11H2,1-2H3,(H,26,29). The van der Waals surface area contributed by atoms with Crippen LogP contribution in [0.5, 0.6) is 11.5 Å². The van der Waals surface area contributed by atoms with Gasteiger partial charge in [0.25, 0.3) is 5.91 Å². The highest BCUT2D eigenvalue weighted by Crippen LogP contribution is 2.35. The number of benzene rings is 2. The van der Waals surface area contributed by atoms with Gasteiger partial charge in [-0.15, -0.1) is 0 Å². The summed E-state index contributed by atoms with van der Waals surface area (Å²) in [5.41, 5.74) is 2.97. The van der Waals surface area contributed by atoms with E-state index in [-0.39, 0.29) is 11.7 Å². The summed E-state index contributed by atoms with van der Waals surface area (Å²) < 4.78 is 6.07. The second kappa shape index (κ2) is 8.44. The molecular formula is C24H23ClN2O3. The maximum atomic E-state index is 12.2. The van der Waals surface area contributed by atoms with Gasteiger partial charge in [0, 0.05) is 42.1 Å². The Labute approximate surface area is 180 Å². The van der Waals surface area contributed by atoms with Gasteiger partial charge in [0.05, 0.1) is 5.52 Å². The van der Waals surface area contributed by atoms with Crippen molar-refractivity contribution in [2.24, 2.45) is 5.92 Å². The Morgan fingerprint density at radius 2 is 2.00 bits per heavy atom. The number of ether oxygens (including phenoxy) is 1. The number of pyridine rings is 1. The molecule has 0 saturated heterocycles. The SMILES string of the molecule is CNC(=O)c1cc2c(Oc3ccc(CC(=O)CC4CC4)c(Cl)c3)ccnc2cc1C. The van der Waals surface area contributed by atoms with Crippen molar-refractivity contribution in [2.75, 3.05) is 7.05 Å². The van der Waals surface area contributed by atoms with Gasteiger partial charge in [0.1, 0.15) is 17.3 Å². The van der Waals surface area contributed by atoms with Crippen molar-refractivity contribution in [2.45, 2.75) is 32.6 Å². The minimum absolute atomic E-state index is 0.160. The average molecular weight is 423 g/mol. The van der Waals surface area contributed by atoms with Gasteiger partial charge in [-0.05, 0) is 67.1 Å². The smallest absolute Gasteiger partial charge is 0.251 e. The Hall–Kier alpha value is -2.92. The average Bonchev–Trinajstić information content (AvgIpc) is 3.53. The summed E-state index contributed by atoms with van der Waals surface area (Å²) in [6, 6.07) is 10.8. The fraction of sp³-hybridized carbons (Fsp3) is 0.292. The molecule has 0 unspecified atom stereocenters. The molecule has 0 aliphatic heterocycles. The van der Waals surface area contributed by atoms with E-state index in [0.29, 0.717) is 40.8 Å². The largest absolute Gasteiger partial charge is 0.457 e. The van der Waals surface area contributed by atoms with E-state index in [1.165, 1.54) is 0 Å². The summed E-state index contributed by atoms with van der Waals surface area (Å²) in [5, 5.41) is 3.90. The molecule has 1 aromatic heterocycles.